The molecule has 1 saturated heterocycles. The lowest BCUT2D eigenvalue weighted by molar-refractivity contribution is 0.0660. The molecule has 0 saturated carbocycles. The number of nitrogens with zero attached hydrogens (tertiary/aromatic N) is 4. The first kappa shape index (κ1) is 26.2. The Labute approximate surface area is 244 Å². The van der Waals surface area contributed by atoms with E-state index in [1.165, 1.54) is 18.3 Å². The highest BCUT2D eigenvalue weighted by Crippen LogP contribution is 2.48. The van der Waals surface area contributed by atoms with E-state index < -0.39 is 5.41 Å². The molecule has 2 aliphatic heterocycles. The second-order valence-electron chi connectivity index (χ2n) is 10.7. The molecule has 9 nitrogen and oxygen atoms in total. The first-order valence-corrected chi connectivity index (χ1v) is 13.9. The molecule has 5 aromatic rings. The molecule has 11 heteroatoms. The summed E-state index contributed by atoms with van der Waals surface area (Å²) in [5, 5.41) is 5.00. The third-order valence-corrected chi connectivity index (χ3v) is 8.80. The van der Waals surface area contributed by atoms with Crippen molar-refractivity contribution in [1.29, 1.82) is 0 Å². The molecule has 212 valence electrons. The molecule has 0 aliphatic carbocycles. The topological polar surface area (TPSA) is 105 Å². The summed E-state index contributed by atoms with van der Waals surface area (Å²) in [5.74, 6) is 0.286. The smallest absolute Gasteiger partial charge is 0.276 e. The van der Waals surface area contributed by atoms with Gasteiger partial charge in [0.2, 0.25) is 0 Å². The van der Waals surface area contributed by atoms with Crippen LogP contribution in [0.5, 0.6) is 5.75 Å². The molecule has 0 bridgehead atoms. The number of carbonyl (C=O) groups is 2. The van der Waals surface area contributed by atoms with Gasteiger partial charge >= 0.3 is 0 Å². The number of benzene rings is 2. The molecule has 3 aromatic heterocycles. The van der Waals surface area contributed by atoms with E-state index in [0.29, 0.717) is 65.7 Å². The van der Waals surface area contributed by atoms with Gasteiger partial charge in [0.1, 0.15) is 17.2 Å². The number of hydrogen-bond acceptors (Lipinski definition) is 6. The van der Waals surface area contributed by atoms with E-state index in [0.717, 1.165) is 11.1 Å². The summed E-state index contributed by atoms with van der Waals surface area (Å²) in [6.07, 6.45) is 4.28. The number of piperidine rings is 1. The monoisotopic (exact) mass is 585 g/mol. The van der Waals surface area contributed by atoms with Crippen LogP contribution in [0.25, 0.3) is 22.4 Å². The summed E-state index contributed by atoms with van der Waals surface area (Å²) < 4.78 is 25.2. The molecule has 1 N–H and O–H groups in total. The van der Waals surface area contributed by atoms with Crippen LogP contribution >= 0.6 is 11.6 Å². The second kappa shape index (κ2) is 9.99. The maximum atomic E-state index is 14.5. The number of nitrogens with one attached hydrogen (secondary N) is 1. The predicted molar refractivity (Wildman–Crippen MR) is 154 cm³/mol. The normalized spacial score (nSPS) is 15.8. The molecule has 1 spiro atoms. The lowest BCUT2D eigenvalue weighted by atomic mass is 9.74. The van der Waals surface area contributed by atoms with Crippen molar-refractivity contribution in [2.75, 3.05) is 31.6 Å². The number of hydrogen-bond donors (Lipinski definition) is 1. The van der Waals surface area contributed by atoms with Crippen LogP contribution in [0.2, 0.25) is 5.02 Å². The fourth-order valence-electron chi connectivity index (χ4n) is 6.09. The quantitative estimate of drug-likeness (QED) is 0.284. The van der Waals surface area contributed by atoms with Gasteiger partial charge in [-0.2, -0.15) is 0 Å². The van der Waals surface area contributed by atoms with Crippen molar-refractivity contribution in [2.45, 2.75) is 18.3 Å². The Kier molecular flexibility index (Phi) is 6.23. The Morgan fingerprint density at radius 2 is 1.86 bits per heavy atom. The third kappa shape index (κ3) is 4.21. The molecule has 2 aliphatic rings. The van der Waals surface area contributed by atoms with E-state index in [-0.39, 0.29) is 28.9 Å². The number of rotatable bonds is 4. The highest BCUT2D eigenvalue weighted by molar-refractivity contribution is 6.39. The van der Waals surface area contributed by atoms with Crippen LogP contribution in [0.15, 0.2) is 71.5 Å². The molecule has 2 amide bonds. The molecule has 0 atom stereocenters. The first-order chi connectivity index (χ1) is 20.4. The summed E-state index contributed by atoms with van der Waals surface area (Å²) in [7, 11) is 1.59. The number of carbonyl (C=O) groups excluding carboxylic acids is 2. The number of amides is 2. The molecule has 1 fully saturated rings. The number of H-pyrrole nitrogens is 1. The Morgan fingerprint density at radius 3 is 2.62 bits per heavy atom. The van der Waals surface area contributed by atoms with E-state index in [2.05, 4.69) is 15.1 Å². The largest absolute Gasteiger partial charge is 0.497 e. The van der Waals surface area contributed by atoms with Crippen LogP contribution in [0.1, 0.15) is 39.3 Å². The van der Waals surface area contributed by atoms with Crippen molar-refractivity contribution in [3.8, 4) is 17.1 Å². The summed E-state index contributed by atoms with van der Waals surface area (Å²) in [6.45, 7) is 1.18. The van der Waals surface area contributed by atoms with Crippen molar-refractivity contribution in [3.63, 3.8) is 0 Å². The van der Waals surface area contributed by atoms with Crippen molar-refractivity contribution < 1.29 is 23.2 Å². The summed E-state index contributed by atoms with van der Waals surface area (Å²) in [4.78, 5) is 37.9. The maximum absolute atomic E-state index is 14.5. The number of likely N-dealkylation sites (tertiary alicyclic amines) is 1. The number of fused-ring (bicyclic) bond motifs is 3. The summed E-state index contributed by atoms with van der Waals surface area (Å²) >= 11 is 6.62. The van der Waals surface area contributed by atoms with Crippen LogP contribution in [0.4, 0.5) is 10.1 Å². The minimum Gasteiger partial charge on any atom is -0.497 e. The lowest BCUT2D eigenvalue weighted by Crippen LogP contribution is -2.48. The molecular formula is C31H25ClFN5O4. The average molecular weight is 586 g/mol. The second-order valence-corrected chi connectivity index (χ2v) is 11.0. The predicted octanol–water partition coefficient (Wildman–Crippen LogP) is 5.85. The van der Waals surface area contributed by atoms with Crippen LogP contribution in [-0.4, -0.2) is 58.6 Å². The zero-order valence-electron chi connectivity index (χ0n) is 22.6. The van der Waals surface area contributed by atoms with Crippen LogP contribution in [0.3, 0.4) is 0 Å². The van der Waals surface area contributed by atoms with Gasteiger partial charge in [-0.15, -0.1) is 0 Å². The lowest BCUT2D eigenvalue weighted by Gasteiger charge is -2.39. The molecule has 0 radical (unpaired) electrons. The number of ether oxygens (including phenoxy) is 1. The Balaban J connectivity index is 1.12. The van der Waals surface area contributed by atoms with Gasteiger partial charge in [0.05, 0.1) is 17.7 Å². The highest BCUT2D eigenvalue weighted by Gasteiger charge is 2.47. The van der Waals surface area contributed by atoms with Gasteiger partial charge < -0.3 is 24.0 Å². The Hall–Kier alpha value is -4.70. The Morgan fingerprint density at radius 1 is 1.07 bits per heavy atom. The van der Waals surface area contributed by atoms with Gasteiger partial charge in [-0.25, -0.2) is 9.37 Å². The van der Waals surface area contributed by atoms with Crippen LogP contribution < -0.4 is 9.64 Å². The minimum absolute atomic E-state index is 0.216. The highest BCUT2D eigenvalue weighted by atomic mass is 35.5. The number of pyridine rings is 1. The van der Waals surface area contributed by atoms with Crippen molar-refractivity contribution >= 4 is 40.1 Å². The van der Waals surface area contributed by atoms with Crippen LogP contribution in [0, 0.1) is 5.82 Å². The van der Waals surface area contributed by atoms with E-state index >= 15 is 0 Å². The molecule has 5 heterocycles. The minimum atomic E-state index is -0.514. The zero-order valence-corrected chi connectivity index (χ0v) is 23.3. The fourth-order valence-corrected chi connectivity index (χ4v) is 6.37. The number of aromatic nitrogens is 3. The SMILES string of the molecule is COc1ccc(-c2cc(C(=O)N3CCC4(CC3)CN(C(=O)c3cnc5[nH]ccc5c3Cl)c3ccc(F)cc34)no2)cc1. The van der Waals surface area contributed by atoms with Gasteiger partial charge in [-0.05, 0) is 66.9 Å². The third-order valence-electron chi connectivity index (χ3n) is 8.39. The average Bonchev–Trinajstić information content (AvgIpc) is 3.76. The first-order valence-electron chi connectivity index (χ1n) is 13.5. The van der Waals surface area contributed by atoms with Crippen molar-refractivity contribution in [3.05, 3.63) is 94.7 Å². The molecule has 2 aromatic carbocycles. The van der Waals surface area contributed by atoms with E-state index in [4.69, 9.17) is 20.9 Å². The number of anilines is 1. The summed E-state index contributed by atoms with van der Waals surface area (Å²) in [6, 6.07) is 15.2. The number of aromatic amines is 1. The fraction of sp³-hybridized carbons (Fsp3) is 0.226. The van der Waals surface area contributed by atoms with Gasteiger partial charge in [-0.3, -0.25) is 9.59 Å². The molecule has 7 rings (SSSR count). The zero-order chi connectivity index (χ0) is 29.0. The van der Waals surface area contributed by atoms with Crippen LogP contribution in [-0.2, 0) is 5.41 Å². The molecule has 0 unspecified atom stereocenters. The molecule has 42 heavy (non-hydrogen) atoms. The van der Waals surface area contributed by atoms with E-state index in [1.807, 2.05) is 24.3 Å². The standard InChI is InChI=1S/C31H25ClFN5O4/c1-41-20-5-2-18(3-6-20)26-15-24(36-42-26)30(40)37-12-9-31(10-13-37)17-38(25-7-4-19(33)14-23(25)31)29(39)22-16-35-28-21(27(22)32)8-11-34-28/h2-8,11,14-16H,9-10,12-13,17H2,1H3,(H,34,35). The van der Waals surface area contributed by atoms with Gasteiger partial charge in [-0.1, -0.05) is 16.8 Å². The van der Waals surface area contributed by atoms with E-state index in [9.17, 15) is 14.0 Å². The number of halogens is 2. The Bertz CT molecular complexity index is 1840. The van der Waals surface area contributed by atoms with Gasteiger partial charge in [0, 0.05) is 60.1 Å². The van der Waals surface area contributed by atoms with Gasteiger partial charge in [0.25, 0.3) is 11.8 Å². The summed E-state index contributed by atoms with van der Waals surface area (Å²) in [5.41, 5.74) is 2.76. The van der Waals surface area contributed by atoms with Crippen molar-refractivity contribution in [1.82, 2.24) is 20.0 Å². The number of methoxy groups -OCH3 is 1. The van der Waals surface area contributed by atoms with E-state index in [1.54, 1.807) is 41.3 Å². The molecular weight excluding hydrogens is 561 g/mol. The van der Waals surface area contributed by atoms with Crippen molar-refractivity contribution in [2.24, 2.45) is 0 Å². The van der Waals surface area contributed by atoms with Gasteiger partial charge in [0.15, 0.2) is 11.5 Å². The maximum Gasteiger partial charge on any atom is 0.276 e.